The number of carbonyl (C=O) groups excluding carboxylic acids is 1. The number of ether oxygens (including phenoxy) is 1. The number of aliphatic carboxylic acids is 1. The average molecular weight is 278 g/mol. The summed E-state index contributed by atoms with van der Waals surface area (Å²) in [5, 5.41) is 19.1. The minimum atomic E-state index is -1.19. The van der Waals surface area contributed by atoms with Crippen molar-refractivity contribution >= 4 is 18.0 Å². The Kier molecular flexibility index (Phi) is 5.72. The Morgan fingerprint density at radius 1 is 1.50 bits per heavy atom. The molecule has 0 unspecified atom stereocenters. The number of hydrogen-bond donors (Lipinski definition) is 2. The number of amides is 1. The number of hydrogen-bond acceptors (Lipinski definition) is 4. The number of carbonyl (C=O) groups is 2. The molecule has 0 fully saturated rings. The molecule has 0 heterocycles. The Bertz CT molecular complexity index is 578. The van der Waals surface area contributed by atoms with Crippen molar-refractivity contribution in [2.24, 2.45) is 0 Å². The number of benzene rings is 1. The zero-order valence-corrected chi connectivity index (χ0v) is 10.3. The SMILES string of the molecule is N#CCNC(=O)COc1ccc(F)cc1/C=C/C(=O)O. The predicted octanol–water partition coefficient (Wildman–Crippen LogP) is 0.942. The summed E-state index contributed by atoms with van der Waals surface area (Å²) >= 11 is 0. The molecule has 0 radical (unpaired) electrons. The molecule has 0 saturated carbocycles. The summed E-state index contributed by atoms with van der Waals surface area (Å²) in [6, 6.07) is 5.23. The molecule has 2 N–H and O–H groups in total. The van der Waals surface area contributed by atoms with Crippen LogP contribution in [-0.2, 0) is 9.59 Å². The van der Waals surface area contributed by atoms with Gasteiger partial charge in [-0.2, -0.15) is 5.26 Å². The van der Waals surface area contributed by atoms with E-state index in [1.54, 1.807) is 6.07 Å². The highest BCUT2D eigenvalue weighted by molar-refractivity contribution is 5.86. The summed E-state index contributed by atoms with van der Waals surface area (Å²) < 4.78 is 18.2. The van der Waals surface area contributed by atoms with Crippen LogP contribution in [0.5, 0.6) is 5.75 Å². The molecule has 6 nitrogen and oxygen atoms in total. The van der Waals surface area contributed by atoms with Gasteiger partial charge in [0.05, 0.1) is 6.07 Å². The highest BCUT2D eigenvalue weighted by Gasteiger charge is 2.06. The van der Waals surface area contributed by atoms with E-state index in [1.807, 2.05) is 0 Å². The summed E-state index contributed by atoms with van der Waals surface area (Å²) in [4.78, 5) is 21.7. The number of nitriles is 1. The van der Waals surface area contributed by atoms with Crippen LogP contribution in [0.3, 0.4) is 0 Å². The van der Waals surface area contributed by atoms with Gasteiger partial charge in [0.2, 0.25) is 0 Å². The lowest BCUT2D eigenvalue weighted by atomic mass is 10.2. The number of carboxylic acid groups (broad SMARTS) is 1. The third-order valence-corrected chi connectivity index (χ3v) is 2.10. The van der Waals surface area contributed by atoms with Crippen LogP contribution in [0.1, 0.15) is 5.56 Å². The topological polar surface area (TPSA) is 99.4 Å². The molecule has 0 atom stereocenters. The molecule has 20 heavy (non-hydrogen) atoms. The van der Waals surface area contributed by atoms with Gasteiger partial charge in [0, 0.05) is 11.6 Å². The highest BCUT2D eigenvalue weighted by Crippen LogP contribution is 2.21. The Labute approximate surface area is 114 Å². The van der Waals surface area contributed by atoms with E-state index in [1.165, 1.54) is 6.07 Å². The van der Waals surface area contributed by atoms with Crippen molar-refractivity contribution in [1.29, 1.82) is 5.26 Å². The van der Waals surface area contributed by atoms with Crippen molar-refractivity contribution < 1.29 is 23.8 Å². The lowest BCUT2D eigenvalue weighted by Crippen LogP contribution is -2.29. The molecule has 1 aromatic rings. The van der Waals surface area contributed by atoms with Crippen LogP contribution in [0.15, 0.2) is 24.3 Å². The maximum absolute atomic E-state index is 13.1. The first kappa shape index (κ1) is 15.2. The van der Waals surface area contributed by atoms with Crippen molar-refractivity contribution in [3.05, 3.63) is 35.7 Å². The molecule has 0 aliphatic carbocycles. The second-order valence-electron chi connectivity index (χ2n) is 3.58. The predicted molar refractivity (Wildman–Crippen MR) is 67.2 cm³/mol. The summed E-state index contributed by atoms with van der Waals surface area (Å²) in [6.07, 6.45) is 1.99. The van der Waals surface area contributed by atoms with Gasteiger partial charge in [-0.1, -0.05) is 0 Å². The molecule has 0 saturated heterocycles. The van der Waals surface area contributed by atoms with E-state index >= 15 is 0 Å². The molecule has 1 amide bonds. The summed E-state index contributed by atoms with van der Waals surface area (Å²) in [5.41, 5.74) is 0.195. The zero-order valence-electron chi connectivity index (χ0n) is 10.3. The van der Waals surface area contributed by atoms with Gasteiger partial charge >= 0.3 is 5.97 Å². The van der Waals surface area contributed by atoms with Crippen molar-refractivity contribution in [1.82, 2.24) is 5.32 Å². The Morgan fingerprint density at radius 3 is 2.90 bits per heavy atom. The standard InChI is InChI=1S/C13H11FN2O4/c14-10-2-3-11(9(7-10)1-4-13(18)19)20-8-12(17)16-6-5-15/h1-4,7H,6,8H2,(H,16,17)(H,18,19)/b4-1+. The van der Waals surface area contributed by atoms with Crippen LogP contribution in [0.2, 0.25) is 0 Å². The van der Waals surface area contributed by atoms with Crippen molar-refractivity contribution in [2.75, 3.05) is 13.2 Å². The average Bonchev–Trinajstić information content (AvgIpc) is 2.41. The quantitative estimate of drug-likeness (QED) is 0.596. The van der Waals surface area contributed by atoms with Crippen LogP contribution < -0.4 is 10.1 Å². The van der Waals surface area contributed by atoms with Crippen LogP contribution >= 0.6 is 0 Å². The van der Waals surface area contributed by atoms with Crippen molar-refractivity contribution in [2.45, 2.75) is 0 Å². The molecule has 104 valence electrons. The first-order valence-electron chi connectivity index (χ1n) is 5.50. The molecule has 0 spiro atoms. The van der Waals surface area contributed by atoms with Crippen LogP contribution in [0.25, 0.3) is 6.08 Å². The van der Waals surface area contributed by atoms with Gasteiger partial charge in [-0.25, -0.2) is 9.18 Å². The van der Waals surface area contributed by atoms with E-state index in [0.29, 0.717) is 0 Å². The normalized spacial score (nSPS) is 10.0. The second-order valence-corrected chi connectivity index (χ2v) is 3.58. The van der Waals surface area contributed by atoms with E-state index in [2.05, 4.69) is 5.32 Å². The van der Waals surface area contributed by atoms with E-state index < -0.39 is 17.7 Å². The monoisotopic (exact) mass is 278 g/mol. The van der Waals surface area contributed by atoms with Gasteiger partial charge in [-0.3, -0.25) is 4.79 Å². The van der Waals surface area contributed by atoms with Crippen LogP contribution in [-0.4, -0.2) is 30.1 Å². The highest BCUT2D eigenvalue weighted by atomic mass is 19.1. The first-order valence-corrected chi connectivity index (χ1v) is 5.50. The maximum atomic E-state index is 13.1. The minimum Gasteiger partial charge on any atom is -0.483 e. The van der Waals surface area contributed by atoms with E-state index in [0.717, 1.165) is 24.3 Å². The fourth-order valence-electron chi connectivity index (χ4n) is 1.27. The third kappa shape index (κ3) is 5.18. The summed E-state index contributed by atoms with van der Waals surface area (Å²) in [6.45, 7) is -0.501. The molecule has 1 aromatic carbocycles. The molecule has 0 bridgehead atoms. The Morgan fingerprint density at radius 2 is 2.25 bits per heavy atom. The maximum Gasteiger partial charge on any atom is 0.328 e. The fourth-order valence-corrected chi connectivity index (χ4v) is 1.27. The van der Waals surface area contributed by atoms with E-state index in [9.17, 15) is 14.0 Å². The Balaban J connectivity index is 2.76. The zero-order chi connectivity index (χ0) is 15.0. The second kappa shape index (κ2) is 7.53. The lowest BCUT2D eigenvalue weighted by Gasteiger charge is -2.08. The molecular formula is C13H11FN2O4. The number of nitrogens with one attached hydrogen (secondary N) is 1. The number of nitrogens with zero attached hydrogens (tertiary/aromatic N) is 1. The molecule has 7 heteroatoms. The van der Waals surface area contributed by atoms with Crippen LogP contribution in [0.4, 0.5) is 4.39 Å². The van der Waals surface area contributed by atoms with Gasteiger partial charge in [-0.05, 0) is 24.3 Å². The van der Waals surface area contributed by atoms with Gasteiger partial charge < -0.3 is 15.2 Å². The largest absolute Gasteiger partial charge is 0.483 e. The van der Waals surface area contributed by atoms with Gasteiger partial charge in [0.1, 0.15) is 18.1 Å². The first-order chi connectivity index (χ1) is 9.52. The number of rotatable bonds is 6. The minimum absolute atomic E-state index is 0.141. The van der Waals surface area contributed by atoms with Gasteiger partial charge in [-0.15, -0.1) is 0 Å². The number of carboxylic acids is 1. The molecule has 0 aliphatic heterocycles. The number of halogens is 1. The van der Waals surface area contributed by atoms with Gasteiger partial charge in [0.25, 0.3) is 5.91 Å². The lowest BCUT2D eigenvalue weighted by molar-refractivity contribution is -0.131. The molecule has 0 aliphatic rings. The van der Waals surface area contributed by atoms with E-state index in [4.69, 9.17) is 15.1 Å². The van der Waals surface area contributed by atoms with Crippen molar-refractivity contribution in [3.63, 3.8) is 0 Å². The summed E-state index contributed by atoms with van der Waals surface area (Å²) in [5.74, 6) is -2.09. The van der Waals surface area contributed by atoms with E-state index in [-0.39, 0.29) is 24.5 Å². The summed E-state index contributed by atoms with van der Waals surface area (Å²) in [7, 11) is 0. The van der Waals surface area contributed by atoms with Crippen LogP contribution in [0, 0.1) is 17.1 Å². The molecule has 0 aromatic heterocycles. The van der Waals surface area contributed by atoms with Crippen molar-refractivity contribution in [3.8, 4) is 11.8 Å². The third-order valence-electron chi connectivity index (χ3n) is 2.10. The molecular weight excluding hydrogens is 267 g/mol. The smallest absolute Gasteiger partial charge is 0.328 e. The Hall–Kier alpha value is -2.88. The molecule has 1 rings (SSSR count). The van der Waals surface area contributed by atoms with Gasteiger partial charge in [0.15, 0.2) is 6.61 Å². The fraction of sp³-hybridized carbons (Fsp3) is 0.154.